The van der Waals surface area contributed by atoms with Gasteiger partial charge in [0, 0.05) is 30.6 Å². The maximum atomic E-state index is 11.2. The molecule has 1 aromatic carbocycles. The molecule has 0 fully saturated rings. The van der Waals surface area contributed by atoms with Crippen molar-refractivity contribution in [2.24, 2.45) is 0 Å². The third-order valence-electron chi connectivity index (χ3n) is 3.31. The molecule has 0 spiro atoms. The molecule has 0 amide bonds. The molecule has 0 saturated heterocycles. The minimum atomic E-state index is -0.366. The van der Waals surface area contributed by atoms with Crippen molar-refractivity contribution < 1.29 is 9.15 Å². The van der Waals surface area contributed by atoms with E-state index >= 15 is 0 Å². The fourth-order valence-corrected chi connectivity index (χ4v) is 1.94. The minimum absolute atomic E-state index is 0.310. The Bertz CT molecular complexity index is 756. The predicted octanol–water partition coefficient (Wildman–Crippen LogP) is 1.67. The van der Waals surface area contributed by atoms with Crippen LogP contribution in [-0.4, -0.2) is 57.2 Å². The van der Waals surface area contributed by atoms with E-state index < -0.39 is 0 Å². The molecule has 1 heterocycles. The van der Waals surface area contributed by atoms with E-state index in [2.05, 4.69) is 35.7 Å². The van der Waals surface area contributed by atoms with Gasteiger partial charge in [-0.2, -0.15) is 0 Å². The number of rotatable bonds is 6. The highest BCUT2D eigenvalue weighted by molar-refractivity contribution is 5.77. The number of nitrogens with zero attached hydrogens (tertiary/aromatic N) is 2. The lowest BCUT2D eigenvalue weighted by Crippen LogP contribution is -2.28. The second kappa shape index (κ2) is 8.37. The fraction of sp³-hybridized carbons (Fsp3) is 0.389. The summed E-state index contributed by atoms with van der Waals surface area (Å²) in [5.74, 6) is 6.72. The highest BCUT2D eigenvalue weighted by Crippen LogP contribution is 2.19. The van der Waals surface area contributed by atoms with Gasteiger partial charge in [-0.05, 0) is 39.3 Å². The zero-order valence-corrected chi connectivity index (χ0v) is 13.8. The van der Waals surface area contributed by atoms with Gasteiger partial charge in [-0.1, -0.05) is 11.8 Å². The normalized spacial score (nSPS) is 10.8. The molecule has 0 radical (unpaired) electrons. The van der Waals surface area contributed by atoms with Gasteiger partial charge in [0.1, 0.15) is 17.9 Å². The summed E-state index contributed by atoms with van der Waals surface area (Å²) in [7, 11) is 6.16. The van der Waals surface area contributed by atoms with Gasteiger partial charge in [-0.25, -0.2) is 4.79 Å². The average Bonchev–Trinajstić information content (AvgIpc) is 2.52. The molecule has 2 rings (SSSR count). The van der Waals surface area contributed by atoms with Crippen LogP contribution in [0.25, 0.3) is 11.0 Å². The summed E-state index contributed by atoms with van der Waals surface area (Å²) in [5, 5.41) is 0.866. The number of hydrogen-bond donors (Lipinski definition) is 0. The third kappa shape index (κ3) is 5.78. The SMILES string of the molecule is CN(C)CCN(C)CC#CCOc1ccc2ccc(=O)oc2c1. The number of ether oxygens (including phenoxy) is 1. The zero-order valence-electron chi connectivity index (χ0n) is 13.8. The first kappa shape index (κ1) is 17.1. The molecule has 0 bridgehead atoms. The molecule has 0 atom stereocenters. The largest absolute Gasteiger partial charge is 0.481 e. The molecule has 0 aliphatic carbocycles. The Balaban J connectivity index is 1.82. The standard InChI is InChI=1S/C18H22N2O3/c1-19(2)11-12-20(3)10-4-5-13-22-16-8-6-15-7-9-18(21)23-17(15)14-16/h6-9,14H,10-13H2,1-3H3. The molecule has 0 aliphatic rings. The second-order valence-electron chi connectivity index (χ2n) is 5.64. The molecule has 23 heavy (non-hydrogen) atoms. The van der Waals surface area contributed by atoms with Crippen LogP contribution in [0.2, 0.25) is 0 Å². The van der Waals surface area contributed by atoms with Crippen molar-refractivity contribution in [3.8, 4) is 17.6 Å². The van der Waals surface area contributed by atoms with E-state index in [1.807, 2.05) is 19.2 Å². The summed E-state index contributed by atoms with van der Waals surface area (Å²) in [6, 6.07) is 8.54. The van der Waals surface area contributed by atoms with Gasteiger partial charge < -0.3 is 14.1 Å². The number of likely N-dealkylation sites (N-methyl/N-ethyl adjacent to an activating group) is 2. The molecule has 5 heteroatoms. The highest BCUT2D eigenvalue weighted by Gasteiger charge is 2.00. The van der Waals surface area contributed by atoms with Crippen molar-refractivity contribution in [1.82, 2.24) is 9.80 Å². The van der Waals surface area contributed by atoms with Crippen LogP contribution in [0.5, 0.6) is 5.75 Å². The molecule has 0 aliphatic heterocycles. The van der Waals surface area contributed by atoms with Crippen LogP contribution >= 0.6 is 0 Å². The first-order valence-corrected chi connectivity index (χ1v) is 7.50. The first-order chi connectivity index (χ1) is 11.0. The van der Waals surface area contributed by atoms with Gasteiger partial charge in [-0.3, -0.25) is 4.90 Å². The molecule has 0 unspecified atom stereocenters. The quantitative estimate of drug-likeness (QED) is 0.599. The van der Waals surface area contributed by atoms with Gasteiger partial charge in [0.05, 0.1) is 6.54 Å². The minimum Gasteiger partial charge on any atom is -0.481 e. The van der Waals surface area contributed by atoms with Crippen LogP contribution < -0.4 is 10.4 Å². The molecule has 0 N–H and O–H groups in total. The van der Waals surface area contributed by atoms with E-state index in [-0.39, 0.29) is 5.63 Å². The van der Waals surface area contributed by atoms with E-state index in [1.165, 1.54) is 6.07 Å². The molecule has 1 aromatic heterocycles. The van der Waals surface area contributed by atoms with E-state index in [0.29, 0.717) is 24.5 Å². The summed E-state index contributed by atoms with van der Waals surface area (Å²) < 4.78 is 10.7. The Morgan fingerprint density at radius 3 is 2.65 bits per heavy atom. The van der Waals surface area contributed by atoms with Crippen molar-refractivity contribution in [1.29, 1.82) is 0 Å². The highest BCUT2D eigenvalue weighted by atomic mass is 16.5. The van der Waals surface area contributed by atoms with Crippen LogP contribution in [0.3, 0.4) is 0 Å². The monoisotopic (exact) mass is 314 g/mol. The summed E-state index contributed by atoms with van der Waals surface area (Å²) in [5.41, 5.74) is 0.154. The number of hydrogen-bond acceptors (Lipinski definition) is 5. The molecular weight excluding hydrogens is 292 g/mol. The maximum Gasteiger partial charge on any atom is 0.336 e. The molecular formula is C18H22N2O3. The van der Waals surface area contributed by atoms with Crippen LogP contribution in [0.15, 0.2) is 39.5 Å². The van der Waals surface area contributed by atoms with Crippen LogP contribution in [0.4, 0.5) is 0 Å². The van der Waals surface area contributed by atoms with E-state index in [9.17, 15) is 4.79 Å². The van der Waals surface area contributed by atoms with Crippen LogP contribution in [0.1, 0.15) is 0 Å². The second-order valence-corrected chi connectivity index (χ2v) is 5.64. The van der Waals surface area contributed by atoms with E-state index in [1.54, 1.807) is 12.1 Å². The number of fused-ring (bicyclic) bond motifs is 1. The van der Waals surface area contributed by atoms with Gasteiger partial charge in [0.15, 0.2) is 0 Å². The average molecular weight is 314 g/mol. The van der Waals surface area contributed by atoms with E-state index in [0.717, 1.165) is 18.5 Å². The van der Waals surface area contributed by atoms with Crippen molar-refractivity contribution in [3.05, 3.63) is 40.8 Å². The Morgan fingerprint density at radius 2 is 1.87 bits per heavy atom. The van der Waals surface area contributed by atoms with Crippen LogP contribution in [0, 0.1) is 11.8 Å². The van der Waals surface area contributed by atoms with Gasteiger partial charge >= 0.3 is 5.63 Å². The Kier molecular flexibility index (Phi) is 6.21. The van der Waals surface area contributed by atoms with Crippen molar-refractivity contribution >= 4 is 11.0 Å². The number of benzene rings is 1. The van der Waals surface area contributed by atoms with Gasteiger partial charge in [0.25, 0.3) is 0 Å². The maximum absolute atomic E-state index is 11.2. The summed E-state index contributed by atoms with van der Waals surface area (Å²) in [4.78, 5) is 15.5. The van der Waals surface area contributed by atoms with Crippen LogP contribution in [-0.2, 0) is 0 Å². The lowest BCUT2D eigenvalue weighted by Gasteiger charge is -2.16. The molecule has 122 valence electrons. The van der Waals surface area contributed by atoms with Crippen molar-refractivity contribution in [2.45, 2.75) is 0 Å². The van der Waals surface area contributed by atoms with Gasteiger partial charge in [0.2, 0.25) is 0 Å². The van der Waals surface area contributed by atoms with E-state index in [4.69, 9.17) is 9.15 Å². The summed E-state index contributed by atoms with van der Waals surface area (Å²) in [6.07, 6.45) is 0. The molecule has 0 saturated carbocycles. The summed E-state index contributed by atoms with van der Waals surface area (Å²) in [6.45, 7) is 3.01. The van der Waals surface area contributed by atoms with Gasteiger partial charge in [-0.15, -0.1) is 0 Å². The smallest absolute Gasteiger partial charge is 0.336 e. The fourth-order valence-electron chi connectivity index (χ4n) is 1.94. The third-order valence-corrected chi connectivity index (χ3v) is 3.31. The van der Waals surface area contributed by atoms with Crippen molar-refractivity contribution in [3.63, 3.8) is 0 Å². The zero-order chi connectivity index (χ0) is 16.7. The lowest BCUT2D eigenvalue weighted by atomic mass is 10.2. The topological polar surface area (TPSA) is 45.9 Å². The first-order valence-electron chi connectivity index (χ1n) is 7.50. The Morgan fingerprint density at radius 1 is 1.09 bits per heavy atom. The summed E-state index contributed by atoms with van der Waals surface area (Å²) >= 11 is 0. The Hall–Kier alpha value is -2.29. The molecule has 2 aromatic rings. The molecule has 5 nitrogen and oxygen atoms in total. The predicted molar refractivity (Wildman–Crippen MR) is 91.8 cm³/mol. The van der Waals surface area contributed by atoms with Crippen molar-refractivity contribution in [2.75, 3.05) is 47.4 Å². The Labute approximate surface area is 136 Å². The lowest BCUT2D eigenvalue weighted by molar-refractivity contribution is 0.304.